The standard InChI is InChI=1S/C23H27N3O4/c1-2-30-21-10-7-18(15-24-21)16-3-5-17(6-4-16)22(27)26(19-8-9-19)20-11-13-25(14-12-20)23(28)29/h3-7,10,15,19-20H,2,8-9,11-14H2,1H3,(H,28,29). The van der Waals surface area contributed by atoms with Gasteiger partial charge in [-0.25, -0.2) is 9.78 Å². The fourth-order valence-electron chi connectivity index (χ4n) is 4.06. The Balaban J connectivity index is 1.46. The molecule has 7 heteroatoms. The summed E-state index contributed by atoms with van der Waals surface area (Å²) >= 11 is 0. The Morgan fingerprint density at radius 3 is 2.20 bits per heavy atom. The van der Waals surface area contributed by atoms with E-state index >= 15 is 0 Å². The maximum absolute atomic E-state index is 13.3. The van der Waals surface area contributed by atoms with E-state index in [0.717, 1.165) is 24.0 Å². The molecule has 2 amide bonds. The number of carbonyl (C=O) groups is 2. The normalized spacial score (nSPS) is 16.9. The molecular formula is C23H27N3O4. The lowest BCUT2D eigenvalue weighted by Crippen LogP contribution is -2.49. The van der Waals surface area contributed by atoms with Gasteiger partial charge in [-0.1, -0.05) is 12.1 Å². The molecular weight excluding hydrogens is 382 g/mol. The van der Waals surface area contributed by atoms with Gasteiger partial charge in [0, 0.05) is 48.6 Å². The van der Waals surface area contributed by atoms with Gasteiger partial charge in [0.15, 0.2) is 0 Å². The zero-order valence-corrected chi connectivity index (χ0v) is 17.2. The number of carboxylic acid groups (broad SMARTS) is 1. The Morgan fingerprint density at radius 2 is 1.67 bits per heavy atom. The van der Waals surface area contributed by atoms with E-state index < -0.39 is 6.09 Å². The number of amides is 2. The van der Waals surface area contributed by atoms with E-state index in [1.54, 1.807) is 6.20 Å². The number of aromatic nitrogens is 1. The topological polar surface area (TPSA) is 83.0 Å². The molecule has 4 rings (SSSR count). The summed E-state index contributed by atoms with van der Waals surface area (Å²) in [4.78, 5) is 32.2. The van der Waals surface area contributed by atoms with Crippen molar-refractivity contribution in [3.8, 4) is 17.0 Å². The minimum absolute atomic E-state index is 0.0441. The molecule has 1 saturated heterocycles. The molecule has 1 aliphatic heterocycles. The van der Waals surface area contributed by atoms with Crippen LogP contribution >= 0.6 is 0 Å². The van der Waals surface area contributed by atoms with Crippen molar-refractivity contribution >= 4 is 12.0 Å². The van der Waals surface area contributed by atoms with Gasteiger partial charge in [0.05, 0.1) is 6.61 Å². The van der Waals surface area contributed by atoms with Crippen LogP contribution in [-0.4, -0.2) is 63.7 Å². The summed E-state index contributed by atoms with van der Waals surface area (Å²) in [5.74, 6) is 0.643. The summed E-state index contributed by atoms with van der Waals surface area (Å²) in [5, 5.41) is 9.17. The highest BCUT2D eigenvalue weighted by Crippen LogP contribution is 2.33. The highest BCUT2D eigenvalue weighted by atomic mass is 16.5. The van der Waals surface area contributed by atoms with E-state index in [0.29, 0.717) is 44.0 Å². The van der Waals surface area contributed by atoms with Gasteiger partial charge in [-0.15, -0.1) is 0 Å². The van der Waals surface area contributed by atoms with Crippen LogP contribution < -0.4 is 4.74 Å². The Hall–Kier alpha value is -3.09. The monoisotopic (exact) mass is 409 g/mol. The molecule has 1 aromatic carbocycles. The van der Waals surface area contributed by atoms with Crippen LogP contribution in [0.5, 0.6) is 5.88 Å². The predicted octanol–water partition coefficient (Wildman–Crippen LogP) is 3.89. The lowest BCUT2D eigenvalue weighted by molar-refractivity contribution is 0.0551. The number of nitrogens with zero attached hydrogens (tertiary/aromatic N) is 3. The molecule has 0 atom stereocenters. The Morgan fingerprint density at radius 1 is 1.03 bits per heavy atom. The molecule has 0 unspecified atom stereocenters. The Kier molecular flexibility index (Phi) is 5.88. The average Bonchev–Trinajstić information content (AvgIpc) is 3.60. The van der Waals surface area contributed by atoms with Gasteiger partial charge >= 0.3 is 6.09 Å². The molecule has 158 valence electrons. The fourth-order valence-corrected chi connectivity index (χ4v) is 4.06. The number of likely N-dealkylation sites (tertiary alicyclic amines) is 1. The number of pyridine rings is 1. The van der Waals surface area contributed by atoms with Crippen LogP contribution in [0.2, 0.25) is 0 Å². The minimum atomic E-state index is -0.878. The molecule has 1 aromatic heterocycles. The van der Waals surface area contributed by atoms with Crippen molar-refractivity contribution in [3.63, 3.8) is 0 Å². The van der Waals surface area contributed by atoms with Gasteiger partial charge in [0.2, 0.25) is 5.88 Å². The van der Waals surface area contributed by atoms with Crippen LogP contribution in [0.25, 0.3) is 11.1 Å². The van der Waals surface area contributed by atoms with Crippen LogP contribution in [0, 0.1) is 0 Å². The maximum Gasteiger partial charge on any atom is 0.407 e. The van der Waals surface area contributed by atoms with E-state index in [2.05, 4.69) is 4.98 Å². The maximum atomic E-state index is 13.3. The zero-order chi connectivity index (χ0) is 21.1. The third kappa shape index (κ3) is 4.40. The van der Waals surface area contributed by atoms with Gasteiger partial charge in [0.1, 0.15) is 0 Å². The molecule has 0 radical (unpaired) electrons. The highest BCUT2D eigenvalue weighted by molar-refractivity contribution is 5.95. The second kappa shape index (κ2) is 8.73. The summed E-state index contributed by atoms with van der Waals surface area (Å²) in [6, 6.07) is 11.8. The second-order valence-corrected chi connectivity index (χ2v) is 7.84. The minimum Gasteiger partial charge on any atom is -0.478 e. The molecule has 1 N–H and O–H groups in total. The molecule has 2 aromatic rings. The van der Waals surface area contributed by atoms with E-state index in [4.69, 9.17) is 9.84 Å². The summed E-state index contributed by atoms with van der Waals surface area (Å²) < 4.78 is 5.38. The molecule has 1 saturated carbocycles. The van der Waals surface area contributed by atoms with Crippen molar-refractivity contribution in [3.05, 3.63) is 48.2 Å². The number of rotatable bonds is 6. The predicted molar refractivity (Wildman–Crippen MR) is 113 cm³/mol. The van der Waals surface area contributed by atoms with Crippen LogP contribution in [0.15, 0.2) is 42.6 Å². The third-order valence-corrected chi connectivity index (χ3v) is 5.80. The SMILES string of the molecule is CCOc1ccc(-c2ccc(C(=O)N(C3CC3)C3CCN(C(=O)O)CC3)cc2)cn1. The van der Waals surface area contributed by atoms with Crippen LogP contribution in [-0.2, 0) is 0 Å². The van der Waals surface area contributed by atoms with Crippen molar-refractivity contribution in [2.45, 2.75) is 44.7 Å². The number of benzene rings is 1. The first-order chi connectivity index (χ1) is 14.6. The van der Waals surface area contributed by atoms with Crippen molar-refractivity contribution in [1.29, 1.82) is 0 Å². The number of hydrogen-bond donors (Lipinski definition) is 1. The van der Waals surface area contributed by atoms with Gasteiger partial charge < -0.3 is 19.6 Å². The summed E-state index contributed by atoms with van der Waals surface area (Å²) in [7, 11) is 0. The summed E-state index contributed by atoms with van der Waals surface area (Å²) in [6.07, 6.45) is 4.35. The van der Waals surface area contributed by atoms with Gasteiger partial charge in [-0.05, 0) is 56.4 Å². The second-order valence-electron chi connectivity index (χ2n) is 7.84. The molecule has 2 aliphatic rings. The van der Waals surface area contributed by atoms with Crippen molar-refractivity contribution in [2.75, 3.05) is 19.7 Å². The average molecular weight is 409 g/mol. The van der Waals surface area contributed by atoms with Crippen molar-refractivity contribution in [1.82, 2.24) is 14.8 Å². The molecule has 0 spiro atoms. The molecule has 1 aliphatic carbocycles. The molecule has 2 fully saturated rings. The smallest absolute Gasteiger partial charge is 0.407 e. The first kappa shape index (κ1) is 20.2. The Bertz CT molecular complexity index is 886. The van der Waals surface area contributed by atoms with Crippen molar-refractivity contribution < 1.29 is 19.4 Å². The molecule has 2 heterocycles. The van der Waals surface area contributed by atoms with Crippen LogP contribution in [0.4, 0.5) is 4.79 Å². The third-order valence-electron chi connectivity index (χ3n) is 5.80. The van der Waals surface area contributed by atoms with Gasteiger partial charge in [0.25, 0.3) is 5.91 Å². The zero-order valence-electron chi connectivity index (χ0n) is 17.2. The quantitative estimate of drug-likeness (QED) is 0.783. The molecule has 7 nitrogen and oxygen atoms in total. The van der Waals surface area contributed by atoms with Crippen molar-refractivity contribution in [2.24, 2.45) is 0 Å². The lowest BCUT2D eigenvalue weighted by Gasteiger charge is -2.38. The summed E-state index contributed by atoms with van der Waals surface area (Å²) in [6.45, 7) is 3.47. The Labute approximate surface area is 176 Å². The fraction of sp³-hybridized carbons (Fsp3) is 0.435. The van der Waals surface area contributed by atoms with Gasteiger partial charge in [-0.3, -0.25) is 4.79 Å². The highest BCUT2D eigenvalue weighted by Gasteiger charge is 2.39. The van der Waals surface area contributed by atoms with Crippen LogP contribution in [0.1, 0.15) is 43.0 Å². The number of hydrogen-bond acceptors (Lipinski definition) is 4. The lowest BCUT2D eigenvalue weighted by atomic mass is 10.0. The largest absolute Gasteiger partial charge is 0.478 e. The first-order valence-corrected chi connectivity index (χ1v) is 10.6. The number of ether oxygens (including phenoxy) is 1. The van der Waals surface area contributed by atoms with Gasteiger partial charge in [-0.2, -0.15) is 0 Å². The molecule has 0 bridgehead atoms. The summed E-state index contributed by atoms with van der Waals surface area (Å²) in [5.41, 5.74) is 2.64. The first-order valence-electron chi connectivity index (χ1n) is 10.6. The van der Waals surface area contributed by atoms with E-state index in [1.807, 2.05) is 48.2 Å². The van der Waals surface area contributed by atoms with E-state index in [9.17, 15) is 9.59 Å². The van der Waals surface area contributed by atoms with Crippen LogP contribution in [0.3, 0.4) is 0 Å². The molecule has 30 heavy (non-hydrogen) atoms. The number of piperidine rings is 1. The van der Waals surface area contributed by atoms with E-state index in [-0.39, 0.29) is 18.0 Å². The number of carbonyl (C=O) groups excluding carboxylic acids is 1. The van der Waals surface area contributed by atoms with E-state index in [1.165, 1.54) is 4.90 Å².